The van der Waals surface area contributed by atoms with Gasteiger partial charge in [0, 0.05) is 50.3 Å². The van der Waals surface area contributed by atoms with Gasteiger partial charge in [0.1, 0.15) is 5.56 Å². The van der Waals surface area contributed by atoms with Crippen molar-refractivity contribution >= 4 is 32.4 Å². The molecule has 1 aromatic carbocycles. The van der Waals surface area contributed by atoms with Crippen LogP contribution < -0.4 is 5.32 Å². The van der Waals surface area contributed by atoms with Gasteiger partial charge in [-0.25, -0.2) is 0 Å². The highest BCUT2D eigenvalue weighted by atomic mass is 19.4. The monoisotopic (exact) mass is 520 g/mol. The number of benzene rings is 1. The Morgan fingerprint density at radius 1 is 1.03 bits per heavy atom. The van der Waals surface area contributed by atoms with Crippen LogP contribution in [-0.2, 0) is 18.0 Å². The molecule has 38 heavy (non-hydrogen) atoms. The molecule has 196 valence electrons. The van der Waals surface area contributed by atoms with Crippen LogP contribution in [0.5, 0.6) is 0 Å². The molecule has 4 radical (unpaired) electrons. The van der Waals surface area contributed by atoms with Crippen molar-refractivity contribution in [3.8, 4) is 11.3 Å². The van der Waals surface area contributed by atoms with Gasteiger partial charge in [0.15, 0.2) is 5.82 Å². The maximum atomic E-state index is 14.1. The van der Waals surface area contributed by atoms with E-state index in [2.05, 4.69) is 25.5 Å². The van der Waals surface area contributed by atoms with E-state index in [-0.39, 0.29) is 23.5 Å². The number of anilines is 1. The molecule has 3 aliphatic rings. The molecule has 1 saturated carbocycles. The molecule has 7 nitrogen and oxygen atoms in total. The number of halogens is 3. The van der Waals surface area contributed by atoms with E-state index in [1.807, 2.05) is 13.1 Å². The number of nitrogens with one attached hydrogen (secondary N) is 1. The lowest BCUT2D eigenvalue weighted by Crippen LogP contribution is -2.56. The zero-order chi connectivity index (χ0) is 26.7. The lowest BCUT2D eigenvalue weighted by molar-refractivity contribution is -0.137. The van der Waals surface area contributed by atoms with E-state index in [0.717, 1.165) is 55.7 Å². The van der Waals surface area contributed by atoms with Gasteiger partial charge in [0.2, 0.25) is 0 Å². The van der Waals surface area contributed by atoms with Gasteiger partial charge in [0.05, 0.1) is 33.1 Å². The van der Waals surface area contributed by atoms with E-state index in [1.54, 1.807) is 23.0 Å². The number of alkyl halides is 3. The van der Waals surface area contributed by atoms with Crippen LogP contribution >= 0.6 is 0 Å². The van der Waals surface area contributed by atoms with Crippen LogP contribution in [0.4, 0.5) is 19.0 Å². The van der Waals surface area contributed by atoms with Gasteiger partial charge in [-0.1, -0.05) is 11.4 Å². The summed E-state index contributed by atoms with van der Waals surface area (Å²) in [6.07, 6.45) is 0.266. The number of rotatable bonds is 5. The Hall–Kier alpha value is -2.59. The molecule has 0 amide bonds. The molecule has 3 aromatic rings. The molecule has 2 saturated heterocycles. The van der Waals surface area contributed by atoms with Crippen molar-refractivity contribution in [1.82, 2.24) is 24.9 Å². The van der Waals surface area contributed by atoms with Crippen molar-refractivity contribution in [3.63, 3.8) is 0 Å². The molecular formula is C26H29B2F3N6O. The van der Waals surface area contributed by atoms with E-state index < -0.39 is 17.1 Å². The molecule has 4 heterocycles. The molecular weight excluding hydrogens is 491 g/mol. The van der Waals surface area contributed by atoms with Gasteiger partial charge in [-0.3, -0.25) is 4.68 Å². The second-order valence-electron chi connectivity index (χ2n) is 11.0. The summed E-state index contributed by atoms with van der Waals surface area (Å²) in [6.45, 7) is 2.85. The average Bonchev–Trinajstić information content (AvgIpc) is 3.57. The van der Waals surface area contributed by atoms with Gasteiger partial charge < -0.3 is 15.0 Å². The minimum atomic E-state index is -4.57. The van der Waals surface area contributed by atoms with Gasteiger partial charge >= 0.3 is 6.18 Å². The number of fused-ring (bicyclic) bond motifs is 2. The summed E-state index contributed by atoms with van der Waals surface area (Å²) in [6, 6.07) is 6.29. The molecule has 1 N–H and O–H groups in total. The second-order valence-corrected chi connectivity index (χ2v) is 11.0. The molecule has 1 unspecified atom stereocenters. The van der Waals surface area contributed by atoms with Gasteiger partial charge in [0.25, 0.3) is 0 Å². The summed E-state index contributed by atoms with van der Waals surface area (Å²) in [5.41, 5.74) is 0.801. The molecule has 3 fully saturated rings. The van der Waals surface area contributed by atoms with Gasteiger partial charge in [-0.15, -0.1) is 10.2 Å². The lowest BCUT2D eigenvalue weighted by atomic mass is 9.52. The summed E-state index contributed by atoms with van der Waals surface area (Å²) < 4.78 is 49.5. The van der Waals surface area contributed by atoms with Crippen molar-refractivity contribution in [3.05, 3.63) is 36.0 Å². The number of aromatic nitrogens is 4. The first-order valence-corrected chi connectivity index (χ1v) is 13.1. The molecule has 6 rings (SSSR count). The largest absolute Gasteiger partial charge is 0.420 e. The normalized spacial score (nSPS) is 25.2. The van der Waals surface area contributed by atoms with Crippen molar-refractivity contribution in [2.24, 2.45) is 24.8 Å². The van der Waals surface area contributed by atoms with E-state index in [1.165, 1.54) is 0 Å². The molecule has 2 aromatic heterocycles. The fourth-order valence-corrected chi connectivity index (χ4v) is 6.52. The number of aryl methyl sites for hydroxylation is 1. The van der Waals surface area contributed by atoms with Crippen LogP contribution in [0.2, 0.25) is 0 Å². The predicted molar refractivity (Wildman–Crippen MR) is 140 cm³/mol. The Morgan fingerprint density at radius 2 is 1.74 bits per heavy atom. The molecule has 0 spiro atoms. The van der Waals surface area contributed by atoms with Crippen LogP contribution in [0.3, 0.4) is 0 Å². The molecule has 3 atom stereocenters. The van der Waals surface area contributed by atoms with Gasteiger partial charge in [-0.2, -0.15) is 18.3 Å². The number of hydrogen-bond donors (Lipinski definition) is 1. The summed E-state index contributed by atoms with van der Waals surface area (Å²) in [4.78, 5) is 2.17. The topological polar surface area (TPSA) is 68.1 Å². The zero-order valence-corrected chi connectivity index (χ0v) is 21.3. The van der Waals surface area contributed by atoms with Crippen molar-refractivity contribution in [2.45, 2.75) is 43.2 Å². The SMILES string of the molecule is [B]C([B])(C1CCOCC1)N1C[C@H]2CC(Nc3nnc(-c4ccc5c(cnn5C)c4)cc3C(F)(F)F)C[C@H]2C1. The van der Waals surface area contributed by atoms with Crippen molar-refractivity contribution in [1.29, 1.82) is 0 Å². The first-order chi connectivity index (χ1) is 18.1. The Labute approximate surface area is 222 Å². The number of likely N-dealkylation sites (tertiary alicyclic amines) is 1. The predicted octanol–water partition coefficient (Wildman–Crippen LogP) is 3.59. The molecule has 2 aliphatic heterocycles. The Balaban J connectivity index is 1.16. The first-order valence-electron chi connectivity index (χ1n) is 13.1. The molecule has 0 bridgehead atoms. The van der Waals surface area contributed by atoms with Crippen LogP contribution in [0.25, 0.3) is 22.2 Å². The van der Waals surface area contributed by atoms with E-state index in [4.69, 9.17) is 20.4 Å². The van der Waals surface area contributed by atoms with Crippen LogP contribution in [0.15, 0.2) is 30.5 Å². The number of nitrogens with zero attached hydrogens (tertiary/aromatic N) is 5. The van der Waals surface area contributed by atoms with Crippen LogP contribution in [0, 0.1) is 17.8 Å². The Kier molecular flexibility index (Phi) is 6.45. The average molecular weight is 520 g/mol. The smallest absolute Gasteiger partial charge is 0.381 e. The quantitative estimate of drug-likeness (QED) is 0.519. The summed E-state index contributed by atoms with van der Waals surface area (Å²) >= 11 is 0. The van der Waals surface area contributed by atoms with Gasteiger partial charge in [-0.05, 0) is 61.6 Å². The summed E-state index contributed by atoms with van der Waals surface area (Å²) in [5, 5.41) is 15.4. The minimum absolute atomic E-state index is 0.117. The van der Waals surface area contributed by atoms with E-state index in [0.29, 0.717) is 30.6 Å². The fraction of sp³-hybridized carbons (Fsp3) is 0.577. The van der Waals surface area contributed by atoms with Crippen LogP contribution in [0.1, 0.15) is 31.2 Å². The Bertz CT molecular complexity index is 1310. The number of ether oxygens (including phenoxy) is 1. The standard InChI is InChI=1S/C26H29B2F3N6O/c1-36-23-3-2-15(8-16(23)12-32-36)22-11-21(26(29,30)31)24(35-34-22)33-20-9-17-13-37(14-18(17)10-20)25(27,28)19-4-6-38-7-5-19/h2-3,8,11-12,17-20H,4-7,9-10,13-14H2,1H3,(H,33,35)/t17-,18+,20?. The molecule has 1 aliphatic carbocycles. The highest BCUT2D eigenvalue weighted by Crippen LogP contribution is 2.44. The highest BCUT2D eigenvalue weighted by molar-refractivity contribution is 6.40. The third-order valence-corrected chi connectivity index (χ3v) is 8.66. The van der Waals surface area contributed by atoms with Crippen molar-refractivity contribution in [2.75, 3.05) is 31.6 Å². The van der Waals surface area contributed by atoms with Crippen molar-refractivity contribution < 1.29 is 17.9 Å². The number of hydrogen-bond acceptors (Lipinski definition) is 6. The highest BCUT2D eigenvalue weighted by Gasteiger charge is 2.47. The summed E-state index contributed by atoms with van der Waals surface area (Å²) in [7, 11) is 15.0. The third kappa shape index (κ3) is 4.70. The van der Waals surface area contributed by atoms with Crippen LogP contribution in [-0.4, -0.2) is 78.3 Å². The first kappa shape index (κ1) is 25.7. The minimum Gasteiger partial charge on any atom is -0.381 e. The lowest BCUT2D eigenvalue weighted by Gasteiger charge is -2.45. The third-order valence-electron chi connectivity index (χ3n) is 8.66. The summed E-state index contributed by atoms with van der Waals surface area (Å²) in [5.74, 6) is 0.601. The van der Waals surface area contributed by atoms with E-state index in [9.17, 15) is 13.2 Å². The molecule has 12 heteroatoms. The second kappa shape index (κ2) is 9.55. The maximum absolute atomic E-state index is 14.1. The fourth-order valence-electron chi connectivity index (χ4n) is 6.52. The maximum Gasteiger partial charge on any atom is 0.420 e. The van der Waals surface area contributed by atoms with E-state index >= 15 is 0 Å². The Morgan fingerprint density at radius 3 is 2.42 bits per heavy atom. The zero-order valence-electron chi connectivity index (χ0n) is 21.3.